The van der Waals surface area contributed by atoms with Crippen LogP contribution in [0.3, 0.4) is 0 Å². The van der Waals surface area contributed by atoms with Crippen LogP contribution in [0.4, 0.5) is 0 Å². The fourth-order valence-corrected chi connectivity index (χ4v) is 6.64. The van der Waals surface area contributed by atoms with Gasteiger partial charge in [-0.15, -0.1) is 0 Å². The summed E-state index contributed by atoms with van der Waals surface area (Å²) in [5.74, 6) is 6.30. The molecule has 0 radical (unpaired) electrons. The zero-order chi connectivity index (χ0) is 15.9. The smallest absolute Gasteiger partial charge is 0.0923 e. The van der Waals surface area contributed by atoms with Gasteiger partial charge in [-0.25, -0.2) is 0 Å². The van der Waals surface area contributed by atoms with Crippen LogP contribution in [0.5, 0.6) is 0 Å². The molecule has 1 heterocycles. The molecule has 1 aliphatic heterocycles. The van der Waals surface area contributed by atoms with Gasteiger partial charge in [0, 0.05) is 0 Å². The third-order valence-corrected chi connectivity index (χ3v) is 8.31. The van der Waals surface area contributed by atoms with E-state index in [2.05, 4.69) is 41.5 Å². The van der Waals surface area contributed by atoms with Crippen LogP contribution in [0.1, 0.15) is 73.6 Å². The van der Waals surface area contributed by atoms with E-state index in [9.17, 15) is 0 Å². The van der Waals surface area contributed by atoms with Crippen molar-refractivity contribution in [1.82, 2.24) is 0 Å². The van der Waals surface area contributed by atoms with Crippen LogP contribution in [0.15, 0.2) is 0 Å². The van der Waals surface area contributed by atoms with E-state index in [0.29, 0.717) is 11.5 Å². The zero-order valence-electron chi connectivity index (χ0n) is 15.6. The normalized spacial score (nSPS) is 56.7. The van der Waals surface area contributed by atoms with Gasteiger partial charge in [-0.05, 0) is 85.9 Å². The Morgan fingerprint density at radius 1 is 0.955 bits per heavy atom. The van der Waals surface area contributed by atoms with Crippen LogP contribution in [-0.2, 0) is 4.74 Å². The van der Waals surface area contributed by atoms with Gasteiger partial charge in [0.25, 0.3) is 0 Å². The van der Waals surface area contributed by atoms with Crippen molar-refractivity contribution in [3.05, 3.63) is 0 Å². The second-order valence-electron chi connectivity index (χ2n) is 10.4. The maximum Gasteiger partial charge on any atom is 0.0923 e. The molecule has 0 spiro atoms. The second kappa shape index (κ2) is 4.74. The maximum atomic E-state index is 6.32. The van der Waals surface area contributed by atoms with Crippen LogP contribution >= 0.6 is 0 Å². The number of rotatable bonds is 3. The molecular formula is C21H36O. The summed E-state index contributed by atoms with van der Waals surface area (Å²) in [6, 6.07) is 0. The Morgan fingerprint density at radius 2 is 1.64 bits per heavy atom. The first-order valence-corrected chi connectivity index (χ1v) is 9.93. The van der Waals surface area contributed by atoms with Crippen molar-refractivity contribution >= 4 is 0 Å². The van der Waals surface area contributed by atoms with Crippen molar-refractivity contribution in [2.75, 3.05) is 0 Å². The molecule has 126 valence electrons. The first-order chi connectivity index (χ1) is 10.3. The SMILES string of the molecule is CC(C)C1CC2CC2(C)CC1C1C(C(C)C)CCC2(C)OC12. The molecule has 1 saturated heterocycles. The minimum atomic E-state index is 0.249. The minimum Gasteiger partial charge on any atom is -0.366 e. The van der Waals surface area contributed by atoms with Gasteiger partial charge in [-0.3, -0.25) is 0 Å². The van der Waals surface area contributed by atoms with Crippen LogP contribution < -0.4 is 0 Å². The predicted molar refractivity (Wildman–Crippen MR) is 91.6 cm³/mol. The van der Waals surface area contributed by atoms with E-state index in [1.54, 1.807) is 0 Å². The van der Waals surface area contributed by atoms with Gasteiger partial charge in [0.05, 0.1) is 11.7 Å². The van der Waals surface area contributed by atoms with Gasteiger partial charge in [0.1, 0.15) is 0 Å². The van der Waals surface area contributed by atoms with Crippen molar-refractivity contribution in [2.45, 2.75) is 85.4 Å². The summed E-state index contributed by atoms with van der Waals surface area (Å²) < 4.78 is 6.32. The Bertz CT molecular complexity index is 455. The van der Waals surface area contributed by atoms with Gasteiger partial charge in [-0.2, -0.15) is 0 Å². The Morgan fingerprint density at radius 3 is 2.27 bits per heavy atom. The standard InChI is InChI=1S/C21H36O/c1-12(2)15-7-8-21(6)19(22-21)18(15)17-11-20(5)10-14(20)9-16(17)13(3)4/h12-19H,7-11H2,1-6H3. The molecule has 4 rings (SSSR count). The minimum absolute atomic E-state index is 0.249. The van der Waals surface area contributed by atoms with E-state index >= 15 is 0 Å². The van der Waals surface area contributed by atoms with E-state index in [1.165, 1.54) is 32.1 Å². The molecular weight excluding hydrogens is 268 g/mol. The topological polar surface area (TPSA) is 12.5 Å². The van der Waals surface area contributed by atoms with Crippen molar-refractivity contribution in [2.24, 2.45) is 46.8 Å². The molecule has 0 N–H and O–H groups in total. The fraction of sp³-hybridized carbons (Fsp3) is 1.00. The number of fused-ring (bicyclic) bond motifs is 2. The molecule has 8 atom stereocenters. The number of ether oxygens (including phenoxy) is 1. The third-order valence-electron chi connectivity index (χ3n) is 8.31. The van der Waals surface area contributed by atoms with Crippen LogP contribution in [0, 0.1) is 46.8 Å². The summed E-state index contributed by atoms with van der Waals surface area (Å²) in [4.78, 5) is 0. The largest absolute Gasteiger partial charge is 0.366 e. The molecule has 8 unspecified atom stereocenters. The van der Waals surface area contributed by atoms with E-state index in [-0.39, 0.29) is 5.60 Å². The van der Waals surface area contributed by atoms with Gasteiger partial charge >= 0.3 is 0 Å². The Kier molecular flexibility index (Phi) is 3.34. The first kappa shape index (κ1) is 15.5. The highest BCUT2D eigenvalue weighted by Gasteiger charge is 2.66. The molecule has 0 aromatic rings. The predicted octanol–water partition coefficient (Wildman–Crippen LogP) is 5.53. The molecule has 0 bridgehead atoms. The Labute approximate surface area is 137 Å². The molecule has 4 fully saturated rings. The summed E-state index contributed by atoms with van der Waals surface area (Å²) in [7, 11) is 0. The van der Waals surface area contributed by atoms with E-state index < -0.39 is 0 Å². The molecule has 3 saturated carbocycles. The summed E-state index contributed by atoms with van der Waals surface area (Å²) in [5, 5.41) is 0. The highest BCUT2D eigenvalue weighted by Crippen LogP contribution is 2.68. The molecule has 0 aromatic heterocycles. The lowest BCUT2D eigenvalue weighted by Crippen LogP contribution is -2.44. The highest BCUT2D eigenvalue weighted by atomic mass is 16.6. The van der Waals surface area contributed by atoms with Crippen molar-refractivity contribution in [3.8, 4) is 0 Å². The third kappa shape index (κ3) is 2.21. The van der Waals surface area contributed by atoms with Gasteiger partial charge in [0.15, 0.2) is 0 Å². The quantitative estimate of drug-likeness (QED) is 0.624. The monoisotopic (exact) mass is 304 g/mol. The number of hydrogen-bond acceptors (Lipinski definition) is 1. The van der Waals surface area contributed by atoms with Crippen LogP contribution in [0.25, 0.3) is 0 Å². The summed E-state index contributed by atoms with van der Waals surface area (Å²) >= 11 is 0. The lowest BCUT2D eigenvalue weighted by atomic mass is 9.57. The highest BCUT2D eigenvalue weighted by molar-refractivity contribution is 5.14. The van der Waals surface area contributed by atoms with Crippen molar-refractivity contribution < 1.29 is 4.74 Å². The molecule has 1 nitrogen and oxygen atoms in total. The summed E-state index contributed by atoms with van der Waals surface area (Å²) in [5.41, 5.74) is 0.944. The molecule has 1 heteroatoms. The molecule has 3 aliphatic carbocycles. The van der Waals surface area contributed by atoms with E-state index in [0.717, 1.165) is 41.4 Å². The average Bonchev–Trinajstić information content (AvgIpc) is 3.28. The number of epoxide rings is 1. The van der Waals surface area contributed by atoms with Crippen LogP contribution in [-0.4, -0.2) is 11.7 Å². The van der Waals surface area contributed by atoms with Gasteiger partial charge in [-0.1, -0.05) is 34.6 Å². The Hall–Kier alpha value is -0.0400. The summed E-state index contributed by atoms with van der Waals surface area (Å²) in [6.07, 6.45) is 7.79. The van der Waals surface area contributed by atoms with Gasteiger partial charge < -0.3 is 4.74 Å². The van der Waals surface area contributed by atoms with Crippen LogP contribution in [0.2, 0.25) is 0 Å². The van der Waals surface area contributed by atoms with Crippen molar-refractivity contribution in [3.63, 3.8) is 0 Å². The molecule has 0 amide bonds. The second-order valence-corrected chi connectivity index (χ2v) is 10.4. The number of hydrogen-bond donors (Lipinski definition) is 0. The zero-order valence-corrected chi connectivity index (χ0v) is 15.6. The van der Waals surface area contributed by atoms with Crippen molar-refractivity contribution in [1.29, 1.82) is 0 Å². The van der Waals surface area contributed by atoms with E-state index in [1.807, 2.05) is 0 Å². The lowest BCUT2D eigenvalue weighted by Gasteiger charge is -2.47. The molecule has 4 aliphatic rings. The maximum absolute atomic E-state index is 6.32. The van der Waals surface area contributed by atoms with Gasteiger partial charge in [0.2, 0.25) is 0 Å². The fourth-order valence-electron chi connectivity index (χ4n) is 6.64. The molecule has 0 aromatic carbocycles. The Balaban J connectivity index is 1.64. The first-order valence-electron chi connectivity index (χ1n) is 9.93. The van der Waals surface area contributed by atoms with E-state index in [4.69, 9.17) is 4.74 Å². The summed E-state index contributed by atoms with van der Waals surface area (Å²) in [6.45, 7) is 14.8. The lowest BCUT2D eigenvalue weighted by molar-refractivity contribution is 0.0213. The molecule has 22 heavy (non-hydrogen) atoms. The average molecular weight is 305 g/mol.